The Morgan fingerprint density at radius 1 is 1.44 bits per heavy atom. The zero-order valence-electron chi connectivity index (χ0n) is 11.1. The van der Waals surface area contributed by atoms with Crippen molar-refractivity contribution in [3.63, 3.8) is 0 Å². The molecule has 0 radical (unpaired) electrons. The Balaban J connectivity index is 1.84. The van der Waals surface area contributed by atoms with Gasteiger partial charge in [-0.25, -0.2) is 0 Å². The second-order valence-corrected chi connectivity index (χ2v) is 5.34. The molecule has 4 nitrogen and oxygen atoms in total. The van der Waals surface area contributed by atoms with Gasteiger partial charge in [-0.3, -0.25) is 4.79 Å². The van der Waals surface area contributed by atoms with Crippen LogP contribution >= 0.6 is 0 Å². The van der Waals surface area contributed by atoms with Gasteiger partial charge >= 0.3 is 0 Å². The van der Waals surface area contributed by atoms with Gasteiger partial charge in [0.05, 0.1) is 6.54 Å². The Morgan fingerprint density at radius 2 is 2.17 bits per heavy atom. The lowest BCUT2D eigenvalue weighted by Crippen LogP contribution is -2.35. The van der Waals surface area contributed by atoms with E-state index in [2.05, 4.69) is 4.98 Å². The number of rotatable bonds is 4. The highest BCUT2D eigenvalue weighted by atomic mass is 16.2. The molecule has 1 aliphatic rings. The lowest BCUT2D eigenvalue weighted by molar-refractivity contribution is -0.136. The molecule has 0 unspecified atom stereocenters. The van der Waals surface area contributed by atoms with E-state index < -0.39 is 0 Å². The van der Waals surface area contributed by atoms with Gasteiger partial charge in [-0.15, -0.1) is 0 Å². The third-order valence-electron chi connectivity index (χ3n) is 3.98. The van der Waals surface area contributed by atoms with Gasteiger partial charge < -0.3 is 15.6 Å². The maximum Gasteiger partial charge on any atom is 0.225 e. The van der Waals surface area contributed by atoms with E-state index in [0.717, 1.165) is 37.9 Å². The zero-order chi connectivity index (χ0) is 13.0. The molecule has 4 heteroatoms. The number of nitrogens with one attached hydrogen (secondary N) is 1. The fraction of sp³-hybridized carbons (Fsp3) is 0.643. The van der Waals surface area contributed by atoms with E-state index in [1.54, 1.807) is 0 Å². The first kappa shape index (κ1) is 13.1. The van der Waals surface area contributed by atoms with Crippen molar-refractivity contribution in [3.8, 4) is 0 Å². The Morgan fingerprint density at radius 3 is 2.72 bits per heavy atom. The second kappa shape index (κ2) is 6.05. The number of carbonyl (C=O) groups excluding carboxylic acids is 1. The molecule has 0 aromatic carbocycles. The predicted molar refractivity (Wildman–Crippen MR) is 71.8 cm³/mol. The summed E-state index contributed by atoms with van der Waals surface area (Å²) in [4.78, 5) is 17.3. The SMILES string of the molecule is CN(Cc1ccc[nH]1)C(=O)C1CCC(CN)CC1. The van der Waals surface area contributed by atoms with Gasteiger partial charge in [-0.2, -0.15) is 0 Å². The monoisotopic (exact) mass is 249 g/mol. The lowest BCUT2D eigenvalue weighted by Gasteiger charge is -2.29. The topological polar surface area (TPSA) is 62.1 Å². The molecule has 3 N–H and O–H groups in total. The van der Waals surface area contributed by atoms with Crippen LogP contribution in [0.2, 0.25) is 0 Å². The molecule has 0 atom stereocenters. The molecule has 18 heavy (non-hydrogen) atoms. The first-order valence-electron chi connectivity index (χ1n) is 6.78. The average Bonchev–Trinajstić information content (AvgIpc) is 2.91. The number of hydrogen-bond donors (Lipinski definition) is 2. The van der Waals surface area contributed by atoms with Crippen molar-refractivity contribution in [1.29, 1.82) is 0 Å². The maximum absolute atomic E-state index is 12.3. The van der Waals surface area contributed by atoms with Crippen molar-refractivity contribution >= 4 is 5.91 Å². The molecule has 1 fully saturated rings. The van der Waals surface area contributed by atoms with E-state index in [9.17, 15) is 4.79 Å². The van der Waals surface area contributed by atoms with Gasteiger partial charge in [0.15, 0.2) is 0 Å². The minimum Gasteiger partial charge on any atom is -0.364 e. The van der Waals surface area contributed by atoms with Gasteiger partial charge in [0.1, 0.15) is 0 Å². The summed E-state index contributed by atoms with van der Waals surface area (Å²) in [6.45, 7) is 1.43. The van der Waals surface area contributed by atoms with Crippen molar-refractivity contribution in [1.82, 2.24) is 9.88 Å². The van der Waals surface area contributed by atoms with Crippen LogP contribution in [0.5, 0.6) is 0 Å². The molecule has 1 saturated carbocycles. The number of hydrogen-bond acceptors (Lipinski definition) is 2. The summed E-state index contributed by atoms with van der Waals surface area (Å²) >= 11 is 0. The molecule has 2 rings (SSSR count). The third-order valence-corrected chi connectivity index (χ3v) is 3.98. The Kier molecular flexibility index (Phi) is 4.42. The van der Waals surface area contributed by atoms with Crippen LogP contribution in [0, 0.1) is 11.8 Å². The first-order chi connectivity index (χ1) is 8.70. The number of aromatic nitrogens is 1. The maximum atomic E-state index is 12.3. The Labute approximate surface area is 109 Å². The van der Waals surface area contributed by atoms with Crippen molar-refractivity contribution in [3.05, 3.63) is 24.0 Å². The summed E-state index contributed by atoms with van der Waals surface area (Å²) < 4.78 is 0. The zero-order valence-corrected chi connectivity index (χ0v) is 11.1. The second-order valence-electron chi connectivity index (χ2n) is 5.34. The van der Waals surface area contributed by atoms with E-state index in [4.69, 9.17) is 5.73 Å². The van der Waals surface area contributed by atoms with E-state index in [1.165, 1.54) is 0 Å². The minimum absolute atomic E-state index is 0.202. The molecular weight excluding hydrogens is 226 g/mol. The van der Waals surface area contributed by atoms with E-state index in [0.29, 0.717) is 12.5 Å². The van der Waals surface area contributed by atoms with E-state index >= 15 is 0 Å². The quantitative estimate of drug-likeness (QED) is 0.853. The number of carbonyl (C=O) groups is 1. The summed E-state index contributed by atoms with van der Waals surface area (Å²) in [7, 11) is 1.89. The fourth-order valence-electron chi connectivity index (χ4n) is 2.76. The predicted octanol–water partition coefficient (Wildman–Crippen LogP) is 1.74. The standard InChI is InChI=1S/C14H23N3O/c1-17(10-13-3-2-8-16-13)14(18)12-6-4-11(9-15)5-7-12/h2-3,8,11-12,16H,4-7,9-10,15H2,1H3. The number of H-pyrrole nitrogens is 1. The number of nitrogens with zero attached hydrogens (tertiary/aromatic N) is 1. The minimum atomic E-state index is 0.202. The smallest absolute Gasteiger partial charge is 0.225 e. The molecule has 0 bridgehead atoms. The highest BCUT2D eigenvalue weighted by Crippen LogP contribution is 2.29. The van der Waals surface area contributed by atoms with E-state index in [-0.39, 0.29) is 11.8 Å². The van der Waals surface area contributed by atoms with Gasteiger partial charge in [0.25, 0.3) is 0 Å². The Bertz CT molecular complexity index is 366. The molecule has 0 saturated heterocycles. The summed E-state index contributed by atoms with van der Waals surface area (Å²) in [5, 5.41) is 0. The normalized spacial score (nSPS) is 23.9. The van der Waals surface area contributed by atoms with E-state index in [1.807, 2.05) is 30.3 Å². The highest BCUT2D eigenvalue weighted by Gasteiger charge is 2.27. The summed E-state index contributed by atoms with van der Waals surface area (Å²) in [6, 6.07) is 3.97. The van der Waals surface area contributed by atoms with Gasteiger partial charge in [-0.1, -0.05) is 0 Å². The molecule has 1 amide bonds. The number of nitrogens with two attached hydrogens (primary N) is 1. The van der Waals surface area contributed by atoms with Crippen molar-refractivity contribution in [2.45, 2.75) is 32.2 Å². The van der Waals surface area contributed by atoms with Crippen LogP contribution < -0.4 is 5.73 Å². The van der Waals surface area contributed by atoms with Crippen LogP contribution in [0.3, 0.4) is 0 Å². The van der Waals surface area contributed by atoms with Crippen LogP contribution in [0.1, 0.15) is 31.4 Å². The van der Waals surface area contributed by atoms with Gasteiger partial charge in [0.2, 0.25) is 5.91 Å². The molecule has 1 aliphatic carbocycles. The van der Waals surface area contributed by atoms with Crippen molar-refractivity contribution < 1.29 is 4.79 Å². The van der Waals surface area contributed by atoms with Crippen molar-refractivity contribution in [2.75, 3.05) is 13.6 Å². The summed E-state index contributed by atoms with van der Waals surface area (Å²) in [5.41, 5.74) is 6.76. The number of amides is 1. The van der Waals surface area contributed by atoms with Gasteiger partial charge in [-0.05, 0) is 50.3 Å². The third kappa shape index (κ3) is 3.13. The molecule has 1 heterocycles. The lowest BCUT2D eigenvalue weighted by atomic mass is 9.81. The summed E-state index contributed by atoms with van der Waals surface area (Å²) in [6.07, 6.45) is 6.08. The molecule has 0 aliphatic heterocycles. The van der Waals surface area contributed by atoms with Crippen LogP contribution in [0.15, 0.2) is 18.3 Å². The molecule has 0 spiro atoms. The summed E-state index contributed by atoms with van der Waals surface area (Å²) in [5.74, 6) is 1.11. The van der Waals surface area contributed by atoms with Crippen LogP contribution in [-0.2, 0) is 11.3 Å². The molecule has 1 aromatic heterocycles. The molecule has 1 aromatic rings. The van der Waals surface area contributed by atoms with Crippen LogP contribution in [0.4, 0.5) is 0 Å². The molecular formula is C14H23N3O. The highest BCUT2D eigenvalue weighted by molar-refractivity contribution is 5.78. The average molecular weight is 249 g/mol. The first-order valence-corrected chi connectivity index (χ1v) is 6.78. The van der Waals surface area contributed by atoms with Crippen LogP contribution in [-0.4, -0.2) is 29.4 Å². The number of aromatic amines is 1. The largest absolute Gasteiger partial charge is 0.364 e. The fourth-order valence-corrected chi connectivity index (χ4v) is 2.76. The Hall–Kier alpha value is -1.29. The van der Waals surface area contributed by atoms with Gasteiger partial charge in [0, 0.05) is 24.9 Å². The molecule has 100 valence electrons. The van der Waals surface area contributed by atoms with Crippen LogP contribution in [0.25, 0.3) is 0 Å². The van der Waals surface area contributed by atoms with Crippen molar-refractivity contribution in [2.24, 2.45) is 17.6 Å².